The quantitative estimate of drug-likeness (QED) is 0.489. The Kier molecular flexibility index (Phi) is 3.13. The van der Waals surface area contributed by atoms with E-state index in [9.17, 15) is 13.2 Å². The minimum Gasteiger partial charge on any atom is -0.411 e. The first-order valence-electron chi connectivity index (χ1n) is 4.77. The summed E-state index contributed by atoms with van der Waals surface area (Å²) in [6.45, 7) is 0. The minimum absolute atomic E-state index is 0.0479. The maximum Gasteiger partial charge on any atom is 0.418 e. The molecular formula is C11H6ClF3N2O. The van der Waals surface area contributed by atoms with Crippen molar-refractivity contribution in [2.24, 2.45) is 5.16 Å². The monoisotopic (exact) mass is 274 g/mol. The van der Waals surface area contributed by atoms with Crippen LogP contribution < -0.4 is 0 Å². The molecule has 0 radical (unpaired) electrons. The van der Waals surface area contributed by atoms with Crippen molar-refractivity contribution in [3.63, 3.8) is 0 Å². The third-order valence-electron chi connectivity index (χ3n) is 2.30. The third kappa shape index (κ3) is 2.24. The highest BCUT2D eigenvalue weighted by Crippen LogP contribution is 2.35. The molecule has 0 aliphatic heterocycles. The lowest BCUT2D eigenvalue weighted by Gasteiger charge is -2.10. The van der Waals surface area contributed by atoms with E-state index < -0.39 is 11.7 Å². The molecule has 7 heteroatoms. The number of fused-ring (bicyclic) bond motifs is 1. The van der Waals surface area contributed by atoms with Gasteiger partial charge in [-0.1, -0.05) is 28.9 Å². The molecule has 0 spiro atoms. The predicted molar refractivity (Wildman–Crippen MR) is 61.1 cm³/mol. The van der Waals surface area contributed by atoms with Gasteiger partial charge in [-0.05, 0) is 12.1 Å². The zero-order valence-corrected chi connectivity index (χ0v) is 9.50. The first kappa shape index (κ1) is 12.6. The van der Waals surface area contributed by atoms with Gasteiger partial charge in [0.2, 0.25) is 0 Å². The Morgan fingerprint density at radius 1 is 1.33 bits per heavy atom. The van der Waals surface area contributed by atoms with Crippen LogP contribution in [0.4, 0.5) is 13.2 Å². The molecule has 0 saturated carbocycles. The van der Waals surface area contributed by atoms with Gasteiger partial charge in [-0.3, -0.25) is 0 Å². The lowest BCUT2D eigenvalue weighted by molar-refractivity contribution is -0.136. The predicted octanol–water partition coefficient (Wildman–Crippen LogP) is 3.72. The summed E-state index contributed by atoms with van der Waals surface area (Å²) in [7, 11) is 0. The number of para-hydroxylation sites is 1. The highest BCUT2D eigenvalue weighted by molar-refractivity contribution is 6.35. The summed E-state index contributed by atoms with van der Waals surface area (Å²) >= 11 is 5.87. The SMILES string of the molecule is O/N=C/c1cc(Cl)c2cccc(C(F)(F)F)c2n1. The zero-order chi connectivity index (χ0) is 13.3. The second-order valence-electron chi connectivity index (χ2n) is 3.47. The third-order valence-corrected chi connectivity index (χ3v) is 2.62. The molecule has 0 fully saturated rings. The number of pyridine rings is 1. The van der Waals surface area contributed by atoms with Crippen LogP contribution in [-0.4, -0.2) is 16.4 Å². The number of oxime groups is 1. The Bertz CT molecular complexity index is 625. The maximum absolute atomic E-state index is 12.8. The van der Waals surface area contributed by atoms with Crippen molar-refractivity contribution in [1.29, 1.82) is 0 Å². The average molecular weight is 275 g/mol. The van der Waals surface area contributed by atoms with Gasteiger partial charge in [0, 0.05) is 5.39 Å². The Hall–Kier alpha value is -1.82. The van der Waals surface area contributed by atoms with E-state index in [0.717, 1.165) is 12.3 Å². The molecule has 1 heterocycles. The highest BCUT2D eigenvalue weighted by Gasteiger charge is 2.33. The van der Waals surface area contributed by atoms with Crippen LogP contribution in [0.25, 0.3) is 10.9 Å². The number of halogens is 4. The summed E-state index contributed by atoms with van der Waals surface area (Å²) in [4.78, 5) is 3.78. The lowest BCUT2D eigenvalue weighted by atomic mass is 10.1. The summed E-state index contributed by atoms with van der Waals surface area (Å²) in [6.07, 6.45) is -3.61. The van der Waals surface area contributed by atoms with E-state index in [1.165, 1.54) is 18.2 Å². The molecule has 1 N–H and O–H groups in total. The molecule has 0 bridgehead atoms. The van der Waals surface area contributed by atoms with Crippen molar-refractivity contribution in [3.05, 3.63) is 40.5 Å². The smallest absolute Gasteiger partial charge is 0.411 e. The molecule has 18 heavy (non-hydrogen) atoms. The van der Waals surface area contributed by atoms with Crippen molar-refractivity contribution in [2.45, 2.75) is 6.18 Å². The second kappa shape index (κ2) is 4.45. The molecule has 0 atom stereocenters. The number of hydrogen-bond acceptors (Lipinski definition) is 3. The van der Waals surface area contributed by atoms with E-state index in [1.54, 1.807) is 0 Å². The van der Waals surface area contributed by atoms with E-state index in [1.807, 2.05) is 0 Å². The number of alkyl halides is 3. The highest BCUT2D eigenvalue weighted by atomic mass is 35.5. The fourth-order valence-corrected chi connectivity index (χ4v) is 1.84. The van der Waals surface area contributed by atoms with Crippen LogP contribution in [0, 0.1) is 0 Å². The Balaban J connectivity index is 2.82. The van der Waals surface area contributed by atoms with E-state index in [2.05, 4.69) is 10.1 Å². The van der Waals surface area contributed by atoms with Gasteiger partial charge in [-0.15, -0.1) is 0 Å². The van der Waals surface area contributed by atoms with Crippen LogP contribution in [0.5, 0.6) is 0 Å². The van der Waals surface area contributed by atoms with Gasteiger partial charge >= 0.3 is 6.18 Å². The summed E-state index contributed by atoms with van der Waals surface area (Å²) in [5.74, 6) is 0. The zero-order valence-electron chi connectivity index (χ0n) is 8.74. The van der Waals surface area contributed by atoms with Gasteiger partial charge in [-0.25, -0.2) is 4.98 Å². The summed E-state index contributed by atoms with van der Waals surface area (Å²) in [5, 5.41) is 11.4. The topological polar surface area (TPSA) is 45.5 Å². The van der Waals surface area contributed by atoms with Gasteiger partial charge in [0.1, 0.15) is 0 Å². The van der Waals surface area contributed by atoms with Crippen LogP contribution in [0.3, 0.4) is 0 Å². The van der Waals surface area contributed by atoms with Crippen molar-refractivity contribution < 1.29 is 18.4 Å². The van der Waals surface area contributed by atoms with Gasteiger partial charge in [-0.2, -0.15) is 13.2 Å². The van der Waals surface area contributed by atoms with E-state index in [4.69, 9.17) is 16.8 Å². The fraction of sp³-hybridized carbons (Fsp3) is 0.0909. The van der Waals surface area contributed by atoms with Gasteiger partial charge < -0.3 is 5.21 Å². The van der Waals surface area contributed by atoms with E-state index in [-0.39, 0.29) is 21.6 Å². The minimum atomic E-state index is -4.52. The van der Waals surface area contributed by atoms with Crippen LogP contribution in [0.2, 0.25) is 5.02 Å². The first-order chi connectivity index (χ1) is 8.43. The van der Waals surface area contributed by atoms with Gasteiger partial charge in [0.05, 0.1) is 28.0 Å². The molecule has 0 aliphatic carbocycles. The lowest BCUT2D eigenvalue weighted by Crippen LogP contribution is -2.07. The normalized spacial score (nSPS) is 12.4. The largest absolute Gasteiger partial charge is 0.418 e. The maximum atomic E-state index is 12.8. The number of rotatable bonds is 1. The summed E-state index contributed by atoms with van der Waals surface area (Å²) in [5.41, 5.74) is -1.10. The van der Waals surface area contributed by atoms with Crippen molar-refractivity contribution in [2.75, 3.05) is 0 Å². The van der Waals surface area contributed by atoms with Gasteiger partial charge in [0.25, 0.3) is 0 Å². The molecule has 94 valence electrons. The molecule has 3 nitrogen and oxygen atoms in total. The van der Waals surface area contributed by atoms with Crippen molar-refractivity contribution >= 4 is 28.7 Å². The Labute approximate surface area is 105 Å². The molecule has 1 aromatic carbocycles. The number of nitrogens with zero attached hydrogens (tertiary/aromatic N) is 2. The number of benzene rings is 1. The molecular weight excluding hydrogens is 269 g/mol. The molecule has 2 aromatic rings. The average Bonchev–Trinajstić information content (AvgIpc) is 2.27. The standard InChI is InChI=1S/C11H6ClF3N2O/c12-9-4-6(5-16-18)17-10-7(9)2-1-3-8(10)11(13,14)15/h1-5,18H/b16-5+. The van der Waals surface area contributed by atoms with Gasteiger partial charge in [0.15, 0.2) is 0 Å². The van der Waals surface area contributed by atoms with Crippen LogP contribution in [-0.2, 0) is 6.18 Å². The van der Waals surface area contributed by atoms with Crippen LogP contribution in [0.15, 0.2) is 29.4 Å². The molecule has 1 aromatic heterocycles. The summed E-state index contributed by atoms with van der Waals surface area (Å²) in [6, 6.07) is 4.95. The number of hydrogen-bond donors (Lipinski definition) is 1. The molecule has 0 aliphatic rings. The summed E-state index contributed by atoms with van der Waals surface area (Å²) < 4.78 is 38.4. The fourth-order valence-electron chi connectivity index (χ4n) is 1.58. The van der Waals surface area contributed by atoms with Crippen molar-refractivity contribution in [1.82, 2.24) is 4.98 Å². The molecule has 0 unspecified atom stereocenters. The van der Waals surface area contributed by atoms with Crippen LogP contribution >= 0.6 is 11.6 Å². The molecule has 2 rings (SSSR count). The van der Waals surface area contributed by atoms with E-state index >= 15 is 0 Å². The molecule has 0 amide bonds. The number of aromatic nitrogens is 1. The van der Waals surface area contributed by atoms with Crippen molar-refractivity contribution in [3.8, 4) is 0 Å². The second-order valence-corrected chi connectivity index (χ2v) is 3.88. The van der Waals surface area contributed by atoms with E-state index in [0.29, 0.717) is 0 Å². The molecule has 0 saturated heterocycles. The Morgan fingerprint density at radius 2 is 2.06 bits per heavy atom. The van der Waals surface area contributed by atoms with Crippen LogP contribution in [0.1, 0.15) is 11.3 Å². The Morgan fingerprint density at radius 3 is 2.67 bits per heavy atom. The first-order valence-corrected chi connectivity index (χ1v) is 5.15.